The molecule has 3 N–H and O–H groups in total. The van der Waals surface area contributed by atoms with Gasteiger partial charge in [-0.05, 0) is 39.8 Å². The fourth-order valence-corrected chi connectivity index (χ4v) is 1.66. The van der Waals surface area contributed by atoms with Gasteiger partial charge < -0.3 is 11.1 Å². The minimum atomic E-state index is -0.207. The number of hydrogen-bond donors (Lipinski definition) is 2. The third-order valence-electron chi connectivity index (χ3n) is 2.21. The molecule has 0 bridgehead atoms. The van der Waals surface area contributed by atoms with Gasteiger partial charge in [-0.15, -0.1) is 0 Å². The summed E-state index contributed by atoms with van der Waals surface area (Å²) in [5, 5.41) is 3.25. The Morgan fingerprint density at radius 2 is 2.00 bits per heavy atom. The second-order valence-electron chi connectivity index (χ2n) is 5.11. The number of carbonyl (C=O) groups excluding carboxylic acids is 1. The third kappa shape index (κ3) is 3.66. The Morgan fingerprint density at radius 1 is 1.38 bits per heavy atom. The van der Waals surface area contributed by atoms with Crippen molar-refractivity contribution in [2.45, 2.75) is 39.3 Å². The molecule has 3 heteroatoms. The van der Waals surface area contributed by atoms with E-state index in [0.29, 0.717) is 11.3 Å². The molecule has 0 saturated carbocycles. The van der Waals surface area contributed by atoms with E-state index in [1.807, 2.05) is 27.7 Å². The molecule has 88 valence electrons. The quantitative estimate of drug-likeness (QED) is 0.606. The standard InChI is InChI=1S/C13H20N2O/c1-9(15-13(2,3)4)12(16)10-6-5-7-11(14)8-10/h5-9,15H,14H2,1-4H3. The molecule has 0 aliphatic carbocycles. The summed E-state index contributed by atoms with van der Waals surface area (Å²) in [6.07, 6.45) is 0. The van der Waals surface area contributed by atoms with Crippen molar-refractivity contribution < 1.29 is 4.79 Å². The molecule has 1 unspecified atom stereocenters. The van der Waals surface area contributed by atoms with Crippen LogP contribution in [0, 0.1) is 0 Å². The highest BCUT2D eigenvalue weighted by molar-refractivity contribution is 6.00. The molecule has 1 rings (SSSR count). The van der Waals surface area contributed by atoms with Gasteiger partial charge in [0.05, 0.1) is 6.04 Å². The van der Waals surface area contributed by atoms with E-state index in [2.05, 4.69) is 5.32 Å². The van der Waals surface area contributed by atoms with Crippen LogP contribution in [0.1, 0.15) is 38.1 Å². The van der Waals surface area contributed by atoms with Crippen LogP contribution in [0.15, 0.2) is 24.3 Å². The van der Waals surface area contributed by atoms with Gasteiger partial charge in [-0.2, -0.15) is 0 Å². The molecule has 16 heavy (non-hydrogen) atoms. The lowest BCUT2D eigenvalue weighted by Gasteiger charge is -2.25. The van der Waals surface area contributed by atoms with Gasteiger partial charge in [0.2, 0.25) is 0 Å². The van der Waals surface area contributed by atoms with Crippen LogP contribution in [-0.2, 0) is 0 Å². The number of ketones is 1. The molecular weight excluding hydrogens is 200 g/mol. The zero-order valence-electron chi connectivity index (χ0n) is 10.4. The Balaban J connectivity index is 2.78. The van der Waals surface area contributed by atoms with E-state index in [1.165, 1.54) is 0 Å². The number of nitrogens with one attached hydrogen (secondary N) is 1. The van der Waals surface area contributed by atoms with Gasteiger partial charge in [0.25, 0.3) is 0 Å². The molecule has 0 aromatic heterocycles. The van der Waals surface area contributed by atoms with Crippen LogP contribution < -0.4 is 11.1 Å². The van der Waals surface area contributed by atoms with Crippen molar-refractivity contribution in [2.75, 3.05) is 5.73 Å². The summed E-state index contributed by atoms with van der Waals surface area (Å²) in [7, 11) is 0. The van der Waals surface area contributed by atoms with Crippen molar-refractivity contribution in [3.8, 4) is 0 Å². The third-order valence-corrected chi connectivity index (χ3v) is 2.21. The van der Waals surface area contributed by atoms with Gasteiger partial charge in [0.15, 0.2) is 5.78 Å². The summed E-state index contributed by atoms with van der Waals surface area (Å²) < 4.78 is 0. The minimum Gasteiger partial charge on any atom is -0.399 e. The number of anilines is 1. The first-order valence-electron chi connectivity index (χ1n) is 5.47. The molecule has 1 aromatic carbocycles. The van der Waals surface area contributed by atoms with Crippen molar-refractivity contribution >= 4 is 11.5 Å². The summed E-state index contributed by atoms with van der Waals surface area (Å²) in [5.41, 5.74) is 6.85. The summed E-state index contributed by atoms with van der Waals surface area (Å²) in [5.74, 6) is 0.0715. The molecule has 0 spiro atoms. The smallest absolute Gasteiger partial charge is 0.179 e. The molecule has 0 radical (unpaired) electrons. The Morgan fingerprint density at radius 3 is 2.50 bits per heavy atom. The maximum Gasteiger partial charge on any atom is 0.179 e. The molecule has 0 aliphatic rings. The van der Waals surface area contributed by atoms with E-state index in [0.717, 1.165) is 0 Å². The molecule has 0 heterocycles. The van der Waals surface area contributed by atoms with E-state index in [1.54, 1.807) is 24.3 Å². The Bertz CT molecular complexity index is 380. The first kappa shape index (κ1) is 12.7. The van der Waals surface area contributed by atoms with Gasteiger partial charge in [-0.1, -0.05) is 12.1 Å². The van der Waals surface area contributed by atoms with Crippen LogP contribution in [0.5, 0.6) is 0 Å². The van der Waals surface area contributed by atoms with Gasteiger partial charge >= 0.3 is 0 Å². The van der Waals surface area contributed by atoms with E-state index in [4.69, 9.17) is 5.73 Å². The average Bonchev–Trinajstić information content (AvgIpc) is 2.14. The maximum atomic E-state index is 12.1. The Labute approximate surface area is 97.0 Å². The van der Waals surface area contributed by atoms with Crippen LogP contribution in [0.25, 0.3) is 0 Å². The van der Waals surface area contributed by atoms with Gasteiger partial charge in [-0.25, -0.2) is 0 Å². The second-order valence-corrected chi connectivity index (χ2v) is 5.11. The minimum absolute atomic E-state index is 0.0715. The van der Waals surface area contributed by atoms with Crippen molar-refractivity contribution in [2.24, 2.45) is 0 Å². The lowest BCUT2D eigenvalue weighted by Crippen LogP contribution is -2.46. The van der Waals surface area contributed by atoms with Crippen LogP contribution in [0.3, 0.4) is 0 Å². The van der Waals surface area contributed by atoms with E-state index < -0.39 is 0 Å². The van der Waals surface area contributed by atoms with E-state index in [9.17, 15) is 4.79 Å². The lowest BCUT2D eigenvalue weighted by molar-refractivity contribution is 0.0936. The van der Waals surface area contributed by atoms with Crippen LogP contribution in [-0.4, -0.2) is 17.4 Å². The zero-order valence-corrected chi connectivity index (χ0v) is 10.4. The van der Waals surface area contributed by atoms with Gasteiger partial charge in [0.1, 0.15) is 0 Å². The number of benzene rings is 1. The highest BCUT2D eigenvalue weighted by Crippen LogP contribution is 2.11. The normalized spacial score (nSPS) is 13.5. The van der Waals surface area contributed by atoms with Crippen molar-refractivity contribution in [1.82, 2.24) is 5.32 Å². The van der Waals surface area contributed by atoms with Crippen molar-refractivity contribution in [3.63, 3.8) is 0 Å². The summed E-state index contributed by atoms with van der Waals surface area (Å²) in [6, 6.07) is 6.87. The van der Waals surface area contributed by atoms with Crippen molar-refractivity contribution in [3.05, 3.63) is 29.8 Å². The number of hydrogen-bond acceptors (Lipinski definition) is 3. The first-order valence-corrected chi connectivity index (χ1v) is 5.47. The second kappa shape index (κ2) is 4.66. The van der Waals surface area contributed by atoms with Crippen LogP contribution in [0.4, 0.5) is 5.69 Å². The maximum absolute atomic E-state index is 12.1. The Hall–Kier alpha value is -1.35. The predicted molar refractivity (Wildman–Crippen MR) is 67.5 cm³/mol. The molecule has 0 aliphatic heterocycles. The monoisotopic (exact) mass is 220 g/mol. The largest absolute Gasteiger partial charge is 0.399 e. The van der Waals surface area contributed by atoms with Crippen LogP contribution >= 0.6 is 0 Å². The van der Waals surface area contributed by atoms with E-state index in [-0.39, 0.29) is 17.4 Å². The number of nitrogen functional groups attached to an aromatic ring is 1. The predicted octanol–water partition coefficient (Wildman–Crippen LogP) is 2.23. The zero-order chi connectivity index (χ0) is 12.3. The molecule has 1 aromatic rings. The fourth-order valence-electron chi connectivity index (χ4n) is 1.66. The Kier molecular flexibility index (Phi) is 3.70. The molecule has 3 nitrogen and oxygen atoms in total. The van der Waals surface area contributed by atoms with Crippen molar-refractivity contribution in [1.29, 1.82) is 0 Å². The molecule has 0 saturated heterocycles. The number of Topliss-reactive ketones (excluding diaryl/α,β-unsaturated/α-hetero) is 1. The lowest BCUT2D eigenvalue weighted by atomic mass is 10.0. The van der Waals surface area contributed by atoms with Gasteiger partial charge in [-0.3, -0.25) is 4.79 Å². The molecule has 0 fully saturated rings. The molecule has 0 amide bonds. The number of rotatable bonds is 3. The topological polar surface area (TPSA) is 55.1 Å². The summed E-state index contributed by atoms with van der Waals surface area (Å²) in [6.45, 7) is 7.99. The SMILES string of the molecule is CC(NC(C)(C)C)C(=O)c1cccc(N)c1. The highest BCUT2D eigenvalue weighted by atomic mass is 16.1. The number of carbonyl (C=O) groups is 1. The molecular formula is C13H20N2O. The van der Waals surface area contributed by atoms with E-state index >= 15 is 0 Å². The number of nitrogens with two attached hydrogens (primary N) is 1. The summed E-state index contributed by atoms with van der Waals surface area (Å²) in [4.78, 5) is 12.1. The fraction of sp³-hybridized carbons (Fsp3) is 0.462. The van der Waals surface area contributed by atoms with Gasteiger partial charge in [0, 0.05) is 16.8 Å². The average molecular weight is 220 g/mol. The first-order chi connectivity index (χ1) is 7.29. The highest BCUT2D eigenvalue weighted by Gasteiger charge is 2.20. The molecule has 1 atom stereocenters. The summed E-state index contributed by atoms with van der Waals surface area (Å²) >= 11 is 0. The van der Waals surface area contributed by atoms with Crippen LogP contribution in [0.2, 0.25) is 0 Å².